The van der Waals surface area contributed by atoms with E-state index in [1.54, 1.807) is 4.68 Å². The number of hydrogen-bond donors (Lipinski definition) is 1. The highest BCUT2D eigenvalue weighted by Crippen LogP contribution is 2.26. The average molecular weight is 248 g/mol. The highest BCUT2D eigenvalue weighted by atomic mass is 16.2. The molecule has 2 fully saturated rings. The smallest absolute Gasteiger partial charge is 0.257 e. The highest BCUT2D eigenvalue weighted by Gasteiger charge is 2.37. The van der Waals surface area contributed by atoms with E-state index in [0.29, 0.717) is 12.0 Å². The number of nitrogens with zero attached hydrogens (tertiary/aromatic N) is 3. The number of likely N-dealkylation sites (tertiary alicyclic amines) is 1. The molecule has 1 N–H and O–H groups in total. The van der Waals surface area contributed by atoms with Crippen LogP contribution >= 0.6 is 0 Å². The third-order valence-electron chi connectivity index (χ3n) is 4.13. The van der Waals surface area contributed by atoms with Crippen LogP contribution in [0.3, 0.4) is 0 Å². The first-order valence-electron chi connectivity index (χ1n) is 6.68. The molecule has 0 aliphatic carbocycles. The van der Waals surface area contributed by atoms with Crippen LogP contribution in [0.4, 0.5) is 0 Å². The lowest BCUT2D eigenvalue weighted by molar-refractivity contribution is 0.0785. The number of nitrogens with one attached hydrogen (secondary N) is 1. The molecule has 1 aromatic heterocycles. The van der Waals surface area contributed by atoms with E-state index in [0.717, 1.165) is 30.9 Å². The van der Waals surface area contributed by atoms with E-state index in [1.807, 2.05) is 25.1 Å². The summed E-state index contributed by atoms with van der Waals surface area (Å²) in [7, 11) is 1.86. The summed E-state index contributed by atoms with van der Waals surface area (Å²) < 4.78 is 1.71. The molecule has 2 atom stereocenters. The molecular formula is C13H20N4O. The Morgan fingerprint density at radius 1 is 1.50 bits per heavy atom. The van der Waals surface area contributed by atoms with Crippen LogP contribution in [0.5, 0.6) is 0 Å². The Bertz CT molecular complexity index is 454. The van der Waals surface area contributed by atoms with Gasteiger partial charge >= 0.3 is 0 Å². The summed E-state index contributed by atoms with van der Waals surface area (Å²) >= 11 is 0. The second kappa shape index (κ2) is 4.39. The zero-order chi connectivity index (χ0) is 12.7. The fourth-order valence-corrected chi connectivity index (χ4v) is 3.19. The summed E-state index contributed by atoms with van der Waals surface area (Å²) in [5.41, 5.74) is 1.57. The van der Waals surface area contributed by atoms with Gasteiger partial charge in [0, 0.05) is 32.4 Å². The van der Waals surface area contributed by atoms with Gasteiger partial charge in [0.1, 0.15) is 0 Å². The van der Waals surface area contributed by atoms with E-state index in [4.69, 9.17) is 0 Å². The van der Waals surface area contributed by atoms with Crippen molar-refractivity contribution in [1.29, 1.82) is 0 Å². The van der Waals surface area contributed by atoms with E-state index >= 15 is 0 Å². The minimum atomic E-state index is 0.136. The third kappa shape index (κ3) is 1.92. The molecule has 2 saturated heterocycles. The number of hydrogen-bond acceptors (Lipinski definition) is 3. The number of carbonyl (C=O) groups excluding carboxylic acids is 1. The maximum atomic E-state index is 12.5. The number of rotatable bonds is 1. The van der Waals surface area contributed by atoms with Crippen molar-refractivity contribution < 1.29 is 4.79 Å². The number of fused-ring (bicyclic) bond motifs is 1. The minimum Gasteiger partial charge on any atom is -0.337 e. The molecule has 1 amide bonds. The van der Waals surface area contributed by atoms with Crippen molar-refractivity contribution in [1.82, 2.24) is 20.0 Å². The number of amides is 1. The first-order valence-corrected chi connectivity index (χ1v) is 6.68. The maximum Gasteiger partial charge on any atom is 0.257 e. The van der Waals surface area contributed by atoms with E-state index in [2.05, 4.69) is 10.4 Å². The predicted molar refractivity (Wildman–Crippen MR) is 68.4 cm³/mol. The standard InChI is InChI=1S/C13H20N4O/c1-9-11(7-16(2)15-9)13(18)17-6-10-4-3-5-14-12(10)8-17/h7,10,12,14H,3-6,8H2,1-2H3/t10-,12+/m0/s1. The van der Waals surface area contributed by atoms with Crippen LogP contribution in [0.1, 0.15) is 28.9 Å². The fraction of sp³-hybridized carbons (Fsp3) is 0.692. The molecule has 0 saturated carbocycles. The van der Waals surface area contributed by atoms with Crippen LogP contribution in [0.2, 0.25) is 0 Å². The van der Waals surface area contributed by atoms with Crippen molar-refractivity contribution in [3.63, 3.8) is 0 Å². The van der Waals surface area contributed by atoms with Gasteiger partial charge in [-0.3, -0.25) is 9.48 Å². The normalized spacial score (nSPS) is 27.3. The molecule has 1 aromatic rings. The van der Waals surface area contributed by atoms with Gasteiger partial charge in [-0.15, -0.1) is 0 Å². The van der Waals surface area contributed by atoms with Crippen LogP contribution < -0.4 is 5.32 Å². The maximum absolute atomic E-state index is 12.5. The van der Waals surface area contributed by atoms with Crippen molar-refractivity contribution >= 4 is 5.91 Å². The largest absolute Gasteiger partial charge is 0.337 e. The van der Waals surface area contributed by atoms with Gasteiger partial charge in [0.25, 0.3) is 5.91 Å². The molecule has 0 bridgehead atoms. The second-order valence-electron chi connectivity index (χ2n) is 5.47. The van der Waals surface area contributed by atoms with Crippen molar-refractivity contribution in [2.24, 2.45) is 13.0 Å². The van der Waals surface area contributed by atoms with Crippen molar-refractivity contribution in [2.75, 3.05) is 19.6 Å². The Labute approximate surface area is 107 Å². The van der Waals surface area contributed by atoms with Crippen LogP contribution in [-0.2, 0) is 7.05 Å². The van der Waals surface area contributed by atoms with Gasteiger partial charge in [-0.2, -0.15) is 5.10 Å². The van der Waals surface area contributed by atoms with Gasteiger partial charge in [0.15, 0.2) is 0 Å². The Morgan fingerprint density at radius 3 is 3.00 bits per heavy atom. The van der Waals surface area contributed by atoms with Gasteiger partial charge in [0.05, 0.1) is 11.3 Å². The topological polar surface area (TPSA) is 50.2 Å². The van der Waals surface area contributed by atoms with Crippen LogP contribution in [-0.4, -0.2) is 46.3 Å². The Kier molecular flexibility index (Phi) is 2.86. The van der Waals surface area contributed by atoms with E-state index < -0.39 is 0 Å². The Balaban J connectivity index is 1.76. The minimum absolute atomic E-state index is 0.136. The Hall–Kier alpha value is -1.36. The number of carbonyl (C=O) groups is 1. The number of aromatic nitrogens is 2. The van der Waals surface area contributed by atoms with Gasteiger partial charge < -0.3 is 10.2 Å². The van der Waals surface area contributed by atoms with Crippen molar-refractivity contribution in [2.45, 2.75) is 25.8 Å². The molecular weight excluding hydrogens is 228 g/mol. The SMILES string of the molecule is Cc1nn(C)cc1C(=O)N1C[C@@H]2CCCN[C@@H]2C1. The summed E-state index contributed by atoms with van der Waals surface area (Å²) in [5, 5.41) is 7.77. The van der Waals surface area contributed by atoms with Crippen LogP contribution in [0, 0.1) is 12.8 Å². The van der Waals surface area contributed by atoms with Gasteiger partial charge in [-0.05, 0) is 32.2 Å². The third-order valence-corrected chi connectivity index (χ3v) is 4.13. The molecule has 5 heteroatoms. The van der Waals surface area contributed by atoms with Crippen molar-refractivity contribution in [3.8, 4) is 0 Å². The summed E-state index contributed by atoms with van der Waals surface area (Å²) in [6, 6.07) is 0.500. The number of aryl methyl sites for hydroxylation is 2. The lowest BCUT2D eigenvalue weighted by Crippen LogP contribution is -2.41. The fourth-order valence-electron chi connectivity index (χ4n) is 3.19. The second-order valence-corrected chi connectivity index (χ2v) is 5.47. The van der Waals surface area contributed by atoms with Crippen molar-refractivity contribution in [3.05, 3.63) is 17.5 Å². The first kappa shape index (κ1) is 11.7. The van der Waals surface area contributed by atoms with E-state index in [9.17, 15) is 4.79 Å². The molecule has 18 heavy (non-hydrogen) atoms. The van der Waals surface area contributed by atoms with Crippen LogP contribution in [0.25, 0.3) is 0 Å². The van der Waals surface area contributed by atoms with Gasteiger partial charge in [-0.1, -0.05) is 0 Å². The van der Waals surface area contributed by atoms with Crippen LogP contribution in [0.15, 0.2) is 6.20 Å². The zero-order valence-electron chi connectivity index (χ0n) is 11.0. The lowest BCUT2D eigenvalue weighted by atomic mass is 9.94. The summed E-state index contributed by atoms with van der Waals surface area (Å²) in [5.74, 6) is 0.775. The molecule has 0 unspecified atom stereocenters. The molecule has 98 valence electrons. The number of piperidine rings is 1. The van der Waals surface area contributed by atoms with Gasteiger partial charge in [-0.25, -0.2) is 0 Å². The molecule has 0 radical (unpaired) electrons. The van der Waals surface area contributed by atoms with Gasteiger partial charge in [0.2, 0.25) is 0 Å². The highest BCUT2D eigenvalue weighted by molar-refractivity contribution is 5.95. The lowest BCUT2D eigenvalue weighted by Gasteiger charge is -2.24. The summed E-state index contributed by atoms with van der Waals surface area (Å²) in [6.45, 7) is 4.73. The molecule has 3 rings (SSSR count). The average Bonchev–Trinajstić information content (AvgIpc) is 2.91. The zero-order valence-corrected chi connectivity index (χ0v) is 11.0. The molecule has 3 heterocycles. The molecule has 5 nitrogen and oxygen atoms in total. The molecule has 0 aromatic carbocycles. The summed E-state index contributed by atoms with van der Waals surface area (Å²) in [4.78, 5) is 14.5. The quantitative estimate of drug-likeness (QED) is 0.789. The first-order chi connectivity index (χ1) is 8.65. The monoisotopic (exact) mass is 248 g/mol. The van der Waals surface area contributed by atoms with E-state index in [-0.39, 0.29) is 5.91 Å². The molecule has 2 aliphatic rings. The predicted octanol–water partition coefficient (Wildman–Crippen LogP) is 0.553. The van der Waals surface area contributed by atoms with E-state index in [1.165, 1.54) is 12.8 Å². The Morgan fingerprint density at radius 2 is 2.33 bits per heavy atom. The molecule has 2 aliphatic heterocycles. The summed E-state index contributed by atoms with van der Waals surface area (Å²) in [6.07, 6.45) is 4.30. The molecule has 0 spiro atoms.